The largest absolute Gasteiger partial charge is 0.755 e. The first kappa shape index (κ1) is 25.2. The minimum Gasteiger partial charge on any atom is -0.755 e. The summed E-state index contributed by atoms with van der Waals surface area (Å²) in [6.07, 6.45) is 0.332. The van der Waals surface area contributed by atoms with Crippen LogP contribution in [0.2, 0.25) is 10.0 Å². The molecule has 0 aliphatic carbocycles. The third-order valence-electron chi connectivity index (χ3n) is 4.97. The normalized spacial score (nSPS) is 11.8. The van der Waals surface area contributed by atoms with E-state index in [2.05, 4.69) is 14.1 Å². The first-order chi connectivity index (χ1) is 16.8. The van der Waals surface area contributed by atoms with E-state index in [0.717, 1.165) is 27.7 Å². The number of hydrogen-bond acceptors (Lipinski definition) is 6. The Kier molecular flexibility index (Phi) is 8.09. The van der Waals surface area contributed by atoms with Crippen LogP contribution in [-0.4, -0.2) is 23.4 Å². The highest BCUT2D eigenvalue weighted by Gasteiger charge is 2.24. The number of aromatic nitrogens is 2. The molecule has 3 aromatic carbocycles. The molecule has 0 bridgehead atoms. The summed E-state index contributed by atoms with van der Waals surface area (Å²) in [5.41, 5.74) is 1.54. The first-order valence-corrected chi connectivity index (χ1v) is 12.6. The van der Waals surface area contributed by atoms with E-state index in [0.29, 0.717) is 12.1 Å². The fourth-order valence-electron chi connectivity index (χ4n) is 3.32. The van der Waals surface area contributed by atoms with Crippen LogP contribution in [0.15, 0.2) is 66.7 Å². The number of carbonyl (C=O) groups excluding carboxylic acids is 1. The third kappa shape index (κ3) is 6.03. The van der Waals surface area contributed by atoms with Crippen LogP contribution in [0.1, 0.15) is 27.2 Å². The molecule has 180 valence electrons. The number of halogens is 3. The summed E-state index contributed by atoms with van der Waals surface area (Å²) in [7, 11) is 0. The van der Waals surface area contributed by atoms with Crippen molar-refractivity contribution < 1.29 is 17.9 Å². The van der Waals surface area contributed by atoms with Crippen LogP contribution in [0, 0.1) is 5.82 Å². The van der Waals surface area contributed by atoms with Crippen molar-refractivity contribution in [3.63, 3.8) is 0 Å². The molecule has 4 rings (SSSR count). The molecule has 12 heteroatoms. The van der Waals surface area contributed by atoms with Gasteiger partial charge in [0.15, 0.2) is 5.82 Å². The Balaban J connectivity index is 1.67. The number of hydrogen-bond donors (Lipinski definition) is 1. The molecule has 1 heterocycles. The predicted molar refractivity (Wildman–Crippen MR) is 134 cm³/mol. The van der Waals surface area contributed by atoms with Crippen molar-refractivity contribution in [3.05, 3.63) is 105 Å². The average molecular weight is 550 g/mol. The average Bonchev–Trinajstić information content (AvgIpc) is 3.26. The highest BCUT2D eigenvalue weighted by molar-refractivity contribution is 7.81. The summed E-state index contributed by atoms with van der Waals surface area (Å²) in [6, 6.07) is 17.7. The zero-order valence-corrected chi connectivity index (χ0v) is 20.9. The first-order valence-electron chi connectivity index (χ1n) is 10.1. The van der Waals surface area contributed by atoms with Crippen LogP contribution < -0.4 is 9.62 Å². The second kappa shape index (κ2) is 11.2. The molecule has 1 amide bonds. The monoisotopic (exact) mass is 549 g/mol. The maximum Gasteiger partial charge on any atom is 0.253 e. The van der Waals surface area contributed by atoms with Gasteiger partial charge < -0.3 is 9.87 Å². The summed E-state index contributed by atoms with van der Waals surface area (Å²) in [6.45, 7) is -0.137. The Bertz CT molecular complexity index is 1390. The lowest BCUT2D eigenvalue weighted by molar-refractivity contribution is 0.0951. The lowest BCUT2D eigenvalue weighted by Crippen LogP contribution is -2.28. The van der Waals surface area contributed by atoms with E-state index in [1.54, 1.807) is 0 Å². The smallest absolute Gasteiger partial charge is 0.253 e. The van der Waals surface area contributed by atoms with Gasteiger partial charge in [0.2, 0.25) is 0 Å². The van der Waals surface area contributed by atoms with Crippen LogP contribution in [0.5, 0.6) is 0 Å². The third-order valence-corrected chi connectivity index (χ3v) is 6.66. The van der Waals surface area contributed by atoms with Gasteiger partial charge in [-0.15, -0.1) is 0 Å². The van der Waals surface area contributed by atoms with E-state index < -0.39 is 23.0 Å². The second-order valence-electron chi connectivity index (χ2n) is 7.29. The number of nitrogens with zero attached hydrogens (tertiary/aromatic N) is 3. The number of benzene rings is 3. The molecule has 0 saturated carbocycles. The highest BCUT2D eigenvalue weighted by atomic mass is 35.5. The molecule has 0 aliphatic heterocycles. The lowest BCUT2D eigenvalue weighted by Gasteiger charge is -2.27. The van der Waals surface area contributed by atoms with Crippen molar-refractivity contribution in [2.45, 2.75) is 13.0 Å². The second-order valence-corrected chi connectivity index (χ2v) is 9.49. The van der Waals surface area contributed by atoms with E-state index in [1.807, 2.05) is 30.3 Å². The van der Waals surface area contributed by atoms with E-state index >= 15 is 0 Å². The molecule has 0 aliphatic rings. The summed E-state index contributed by atoms with van der Waals surface area (Å²) in [5.74, 6) is -1.14. The van der Waals surface area contributed by atoms with E-state index in [-0.39, 0.29) is 39.2 Å². The van der Waals surface area contributed by atoms with Crippen LogP contribution in [0.4, 0.5) is 15.9 Å². The number of carbonyl (C=O) groups is 1. The molecule has 7 nitrogen and oxygen atoms in total. The molecule has 0 saturated heterocycles. The lowest BCUT2D eigenvalue weighted by atomic mass is 10.1. The van der Waals surface area contributed by atoms with Gasteiger partial charge in [-0.2, -0.15) is 8.75 Å². The van der Waals surface area contributed by atoms with Gasteiger partial charge in [-0.3, -0.25) is 13.3 Å². The van der Waals surface area contributed by atoms with Gasteiger partial charge in [-0.05, 0) is 35.9 Å². The van der Waals surface area contributed by atoms with Gasteiger partial charge >= 0.3 is 0 Å². The predicted octanol–water partition coefficient (Wildman–Crippen LogP) is 5.44. The van der Waals surface area contributed by atoms with Crippen molar-refractivity contribution in [1.29, 1.82) is 0 Å². The van der Waals surface area contributed by atoms with Crippen molar-refractivity contribution in [3.8, 4) is 0 Å². The molecule has 0 radical (unpaired) electrons. The van der Waals surface area contributed by atoms with Gasteiger partial charge in [0.25, 0.3) is 5.91 Å². The Morgan fingerprint density at radius 3 is 2.49 bits per heavy atom. The maximum absolute atomic E-state index is 14.1. The van der Waals surface area contributed by atoms with Crippen molar-refractivity contribution in [2.75, 3.05) is 4.31 Å². The van der Waals surface area contributed by atoms with Gasteiger partial charge in [-0.25, -0.2) is 4.39 Å². The maximum atomic E-state index is 14.1. The van der Waals surface area contributed by atoms with Crippen molar-refractivity contribution >= 4 is 63.6 Å². The van der Waals surface area contributed by atoms with Gasteiger partial charge in [0.1, 0.15) is 11.5 Å². The summed E-state index contributed by atoms with van der Waals surface area (Å²) in [4.78, 5) is 13.0. The number of anilines is 2. The van der Waals surface area contributed by atoms with E-state index in [4.69, 9.17) is 23.2 Å². The fourth-order valence-corrected chi connectivity index (χ4v) is 4.85. The molecule has 0 spiro atoms. The molecular formula is C23H16Cl2FN4O3S2-. The molecule has 4 aromatic rings. The standard InChI is InChI=1S/C23H17Cl2FN4O3S2/c24-16-7-6-15(19(26)11-16)13-27-23(31)18-9-8-17(25)12-21(18)30(35(32)33)22-20(28-34-29-22)10-14-4-2-1-3-5-14/h1-9,11-12H,10,13H2,(H,27,31)(H,32,33)/p-1. The Morgan fingerprint density at radius 1 is 1.06 bits per heavy atom. The van der Waals surface area contributed by atoms with Gasteiger partial charge in [0, 0.05) is 28.6 Å². The SMILES string of the molecule is O=C(NCc1ccc(Cl)cc1F)c1ccc(Cl)cc1N(c1nsnc1Cc1ccccc1)S(=O)[O-]. The molecule has 1 N–H and O–H groups in total. The minimum atomic E-state index is -2.86. The molecule has 0 fully saturated rings. The van der Waals surface area contributed by atoms with Crippen LogP contribution in [0.3, 0.4) is 0 Å². The van der Waals surface area contributed by atoms with Crippen LogP contribution >= 0.6 is 34.9 Å². The van der Waals surface area contributed by atoms with E-state index in [9.17, 15) is 17.9 Å². The summed E-state index contributed by atoms with van der Waals surface area (Å²) in [5, 5.41) is 3.05. The number of nitrogens with one attached hydrogen (secondary N) is 1. The van der Waals surface area contributed by atoms with Gasteiger partial charge in [-0.1, -0.05) is 59.6 Å². The topological polar surface area (TPSA) is 98.2 Å². The summed E-state index contributed by atoms with van der Waals surface area (Å²) >= 11 is 9.92. The van der Waals surface area contributed by atoms with E-state index in [1.165, 1.54) is 30.3 Å². The Hall–Kier alpha value is -2.89. The van der Waals surface area contributed by atoms with Crippen LogP contribution in [0.25, 0.3) is 0 Å². The molecule has 1 unspecified atom stereocenters. The summed E-state index contributed by atoms with van der Waals surface area (Å²) < 4.78 is 48.2. The molecule has 1 aromatic heterocycles. The highest BCUT2D eigenvalue weighted by Crippen LogP contribution is 2.34. The van der Waals surface area contributed by atoms with Crippen molar-refractivity contribution in [1.82, 2.24) is 14.1 Å². The number of rotatable bonds is 8. The van der Waals surface area contributed by atoms with Gasteiger partial charge in [0.05, 0.1) is 34.2 Å². The zero-order chi connectivity index (χ0) is 24.9. The number of amides is 1. The minimum absolute atomic E-state index is 0.00614. The molecule has 1 atom stereocenters. The molecule has 35 heavy (non-hydrogen) atoms. The quantitative estimate of drug-likeness (QED) is 0.295. The Labute approximate surface area is 217 Å². The zero-order valence-electron chi connectivity index (χ0n) is 17.8. The Morgan fingerprint density at radius 2 is 1.77 bits per heavy atom. The van der Waals surface area contributed by atoms with Crippen molar-refractivity contribution in [2.24, 2.45) is 0 Å². The molecular weight excluding hydrogens is 534 g/mol. The fraction of sp³-hybridized carbons (Fsp3) is 0.0870. The van der Waals surface area contributed by atoms with Crippen LogP contribution in [-0.2, 0) is 24.2 Å².